The molecule has 3 heterocycles. The summed E-state index contributed by atoms with van der Waals surface area (Å²) in [4.78, 5) is 11.5. The second-order valence-corrected chi connectivity index (χ2v) is 8.65. The lowest BCUT2D eigenvalue weighted by Crippen LogP contribution is -2.33. The lowest BCUT2D eigenvalue weighted by molar-refractivity contribution is 0.413. The summed E-state index contributed by atoms with van der Waals surface area (Å²) in [7, 11) is 1.67. The third kappa shape index (κ3) is 4.16. The Morgan fingerprint density at radius 3 is 2.64 bits per heavy atom. The number of imidazole rings is 1. The number of aromatic nitrogens is 5. The maximum Gasteiger partial charge on any atom is 0.248 e. The van der Waals surface area contributed by atoms with Crippen molar-refractivity contribution in [2.75, 3.05) is 23.9 Å². The van der Waals surface area contributed by atoms with Crippen LogP contribution in [-0.2, 0) is 13.0 Å². The van der Waals surface area contributed by atoms with Gasteiger partial charge in [-0.25, -0.2) is 9.67 Å². The van der Waals surface area contributed by atoms with E-state index in [2.05, 4.69) is 53.3 Å². The molecule has 8 nitrogen and oxygen atoms in total. The first kappa shape index (κ1) is 21.1. The normalized spacial score (nSPS) is 13.3. The fourth-order valence-corrected chi connectivity index (χ4v) is 4.25. The van der Waals surface area contributed by atoms with E-state index in [4.69, 9.17) is 14.8 Å². The van der Waals surface area contributed by atoms with Crippen molar-refractivity contribution in [1.29, 1.82) is 0 Å². The van der Waals surface area contributed by atoms with Crippen molar-refractivity contribution < 1.29 is 4.74 Å². The van der Waals surface area contributed by atoms with E-state index in [1.807, 2.05) is 40.6 Å². The Morgan fingerprint density at radius 1 is 1.09 bits per heavy atom. The van der Waals surface area contributed by atoms with E-state index in [0.717, 1.165) is 48.3 Å². The summed E-state index contributed by atoms with van der Waals surface area (Å²) in [6, 6.07) is 14.8. The average molecular weight is 444 g/mol. The summed E-state index contributed by atoms with van der Waals surface area (Å²) in [6.07, 6.45) is 4.77. The van der Waals surface area contributed by atoms with E-state index >= 15 is 0 Å². The number of hydrogen-bond donors (Lipinski definition) is 1. The summed E-state index contributed by atoms with van der Waals surface area (Å²) in [5, 5.41) is 8.13. The monoisotopic (exact) mass is 443 g/mol. The highest BCUT2D eigenvalue weighted by Gasteiger charge is 2.23. The molecule has 1 N–H and O–H groups in total. The molecule has 0 amide bonds. The van der Waals surface area contributed by atoms with Gasteiger partial charge in [-0.3, -0.25) is 0 Å². The fraction of sp³-hybridized carbons (Fsp3) is 0.320. The van der Waals surface area contributed by atoms with Gasteiger partial charge in [0.2, 0.25) is 11.9 Å². The minimum atomic E-state index is 0.196. The molecule has 0 fully saturated rings. The van der Waals surface area contributed by atoms with E-state index in [1.54, 1.807) is 13.4 Å². The lowest BCUT2D eigenvalue weighted by Gasteiger charge is -2.30. The summed E-state index contributed by atoms with van der Waals surface area (Å²) >= 11 is 0. The molecule has 33 heavy (non-hydrogen) atoms. The number of aryl methyl sites for hydroxylation is 1. The molecule has 2 aromatic carbocycles. The van der Waals surface area contributed by atoms with Crippen LogP contribution >= 0.6 is 0 Å². The Bertz CT molecular complexity index is 1270. The molecule has 0 unspecified atom stereocenters. The van der Waals surface area contributed by atoms with Crippen LogP contribution < -0.4 is 15.0 Å². The Hall–Kier alpha value is -3.81. The Labute approximate surface area is 193 Å². The van der Waals surface area contributed by atoms with E-state index in [1.165, 1.54) is 11.1 Å². The van der Waals surface area contributed by atoms with Crippen LogP contribution in [0.15, 0.2) is 55.0 Å². The Morgan fingerprint density at radius 2 is 1.91 bits per heavy atom. The third-order valence-corrected chi connectivity index (χ3v) is 5.94. The van der Waals surface area contributed by atoms with Crippen LogP contribution in [0, 0.1) is 6.92 Å². The number of rotatable bonds is 6. The van der Waals surface area contributed by atoms with Crippen LogP contribution in [0.1, 0.15) is 36.7 Å². The second kappa shape index (κ2) is 8.61. The van der Waals surface area contributed by atoms with Crippen LogP contribution in [0.2, 0.25) is 0 Å². The molecule has 170 valence electrons. The highest BCUT2D eigenvalue weighted by molar-refractivity contribution is 5.62. The first-order valence-electron chi connectivity index (χ1n) is 11.3. The maximum atomic E-state index is 5.64. The molecule has 0 saturated heterocycles. The quantitative estimate of drug-likeness (QED) is 0.467. The minimum Gasteiger partial charge on any atom is -0.494 e. The van der Waals surface area contributed by atoms with E-state index < -0.39 is 0 Å². The molecule has 0 radical (unpaired) electrons. The molecule has 0 atom stereocenters. The number of ether oxygens (including phenoxy) is 1. The SMILES string of the molecule is COc1cc(Nc2nc(N3CCc4ccccc4C3)n(C(C)C)n2)ccc1-n1cnc(C)c1. The second-order valence-electron chi connectivity index (χ2n) is 8.65. The number of methoxy groups -OCH3 is 1. The molecule has 4 aromatic rings. The van der Waals surface area contributed by atoms with Gasteiger partial charge in [-0.1, -0.05) is 24.3 Å². The van der Waals surface area contributed by atoms with Gasteiger partial charge in [-0.15, -0.1) is 5.10 Å². The third-order valence-electron chi connectivity index (χ3n) is 5.94. The van der Waals surface area contributed by atoms with Gasteiger partial charge >= 0.3 is 0 Å². The molecule has 2 aromatic heterocycles. The highest BCUT2D eigenvalue weighted by atomic mass is 16.5. The molecule has 0 saturated carbocycles. The molecule has 0 aliphatic carbocycles. The van der Waals surface area contributed by atoms with Crippen LogP contribution in [0.5, 0.6) is 5.75 Å². The number of anilines is 3. The molecule has 0 spiro atoms. The number of fused-ring (bicyclic) bond motifs is 1. The largest absolute Gasteiger partial charge is 0.494 e. The predicted octanol–water partition coefficient (Wildman–Crippen LogP) is 4.67. The van der Waals surface area contributed by atoms with E-state index in [9.17, 15) is 0 Å². The van der Waals surface area contributed by atoms with Gasteiger partial charge in [0.1, 0.15) is 5.75 Å². The first-order chi connectivity index (χ1) is 16.0. The minimum absolute atomic E-state index is 0.196. The topological polar surface area (TPSA) is 73.0 Å². The standard InChI is InChI=1S/C25H29N7O/c1-17(2)32-25(30-12-11-19-7-5-6-8-20(19)15-30)28-24(29-32)27-21-9-10-22(23(13-21)33-4)31-14-18(3)26-16-31/h5-10,13-14,16-17H,11-12,15H2,1-4H3,(H,27,29). The lowest BCUT2D eigenvalue weighted by atomic mass is 10.0. The summed E-state index contributed by atoms with van der Waals surface area (Å²) < 4.78 is 9.59. The predicted molar refractivity (Wildman–Crippen MR) is 130 cm³/mol. The van der Waals surface area contributed by atoms with Crippen LogP contribution in [0.4, 0.5) is 17.6 Å². The molecular formula is C25H29N7O. The Balaban J connectivity index is 1.42. The van der Waals surface area contributed by atoms with Gasteiger partial charge in [-0.2, -0.15) is 4.98 Å². The van der Waals surface area contributed by atoms with E-state index in [0.29, 0.717) is 5.95 Å². The molecule has 1 aliphatic rings. The molecule has 1 aliphatic heterocycles. The zero-order chi connectivity index (χ0) is 22.9. The Kier molecular flexibility index (Phi) is 5.50. The van der Waals surface area contributed by atoms with Crippen molar-refractivity contribution in [3.63, 3.8) is 0 Å². The fourth-order valence-electron chi connectivity index (χ4n) is 4.25. The first-order valence-corrected chi connectivity index (χ1v) is 11.3. The van der Waals surface area contributed by atoms with Gasteiger partial charge in [0.25, 0.3) is 0 Å². The van der Waals surface area contributed by atoms with Crippen molar-refractivity contribution in [3.8, 4) is 11.4 Å². The van der Waals surface area contributed by atoms with Crippen LogP contribution in [-0.4, -0.2) is 38.0 Å². The summed E-state index contributed by atoms with van der Waals surface area (Å²) in [5.74, 6) is 2.21. The number of hydrogen-bond acceptors (Lipinski definition) is 6. The summed E-state index contributed by atoms with van der Waals surface area (Å²) in [6.45, 7) is 7.99. The van der Waals surface area contributed by atoms with Gasteiger partial charge in [-0.05, 0) is 50.5 Å². The van der Waals surface area contributed by atoms with Crippen LogP contribution in [0.25, 0.3) is 5.69 Å². The van der Waals surface area contributed by atoms with Gasteiger partial charge in [0.05, 0.1) is 30.9 Å². The molecular weight excluding hydrogens is 414 g/mol. The van der Waals surface area contributed by atoms with Crippen LogP contribution in [0.3, 0.4) is 0 Å². The van der Waals surface area contributed by atoms with E-state index in [-0.39, 0.29) is 6.04 Å². The van der Waals surface area contributed by atoms with Crippen molar-refractivity contribution in [2.24, 2.45) is 0 Å². The number of nitrogens with zero attached hydrogens (tertiary/aromatic N) is 6. The molecule has 8 heteroatoms. The molecule has 5 rings (SSSR count). The highest BCUT2D eigenvalue weighted by Crippen LogP contribution is 2.30. The van der Waals surface area contributed by atoms with Gasteiger partial charge in [0.15, 0.2) is 0 Å². The zero-order valence-corrected chi connectivity index (χ0v) is 19.5. The van der Waals surface area contributed by atoms with Crippen molar-refractivity contribution in [3.05, 3.63) is 71.8 Å². The van der Waals surface area contributed by atoms with Crippen molar-refractivity contribution >= 4 is 17.6 Å². The summed E-state index contributed by atoms with van der Waals surface area (Å²) in [5.41, 5.74) is 5.52. The van der Waals surface area contributed by atoms with Gasteiger partial charge in [0, 0.05) is 31.0 Å². The smallest absolute Gasteiger partial charge is 0.248 e. The maximum absolute atomic E-state index is 5.64. The van der Waals surface area contributed by atoms with Gasteiger partial charge < -0.3 is 19.5 Å². The van der Waals surface area contributed by atoms with Crippen molar-refractivity contribution in [2.45, 2.75) is 39.8 Å². The number of benzene rings is 2. The zero-order valence-electron chi connectivity index (χ0n) is 19.5. The average Bonchev–Trinajstić information content (AvgIpc) is 3.45. The van der Waals surface area contributed by atoms with Crippen molar-refractivity contribution in [1.82, 2.24) is 24.3 Å². The number of nitrogens with one attached hydrogen (secondary N) is 1. The molecule has 0 bridgehead atoms.